The van der Waals surface area contributed by atoms with Gasteiger partial charge in [0.15, 0.2) is 0 Å². The van der Waals surface area contributed by atoms with Crippen LogP contribution in [0.25, 0.3) is 0 Å². The number of thioether (sulfide) groups is 1. The first kappa shape index (κ1) is 20.2. The van der Waals surface area contributed by atoms with E-state index in [1.807, 2.05) is 30.5 Å². The van der Waals surface area contributed by atoms with E-state index in [4.69, 9.17) is 0 Å². The van der Waals surface area contributed by atoms with E-state index in [0.717, 1.165) is 22.6 Å². The zero-order valence-corrected chi connectivity index (χ0v) is 15.6. The maximum atomic E-state index is 12.8. The fourth-order valence-corrected chi connectivity index (χ4v) is 2.85. The summed E-state index contributed by atoms with van der Waals surface area (Å²) in [6.45, 7) is 2.07. The van der Waals surface area contributed by atoms with Crippen LogP contribution >= 0.6 is 11.8 Å². The molecule has 0 aliphatic rings. The molecule has 0 heterocycles. The maximum Gasteiger partial charge on any atom is 0.416 e. The molecule has 0 aliphatic carbocycles. The molecule has 0 saturated heterocycles. The van der Waals surface area contributed by atoms with Gasteiger partial charge >= 0.3 is 12.2 Å². The van der Waals surface area contributed by atoms with E-state index in [1.54, 1.807) is 31.8 Å². The van der Waals surface area contributed by atoms with Crippen LogP contribution in [-0.2, 0) is 12.7 Å². The van der Waals surface area contributed by atoms with Gasteiger partial charge < -0.3 is 10.2 Å². The van der Waals surface area contributed by atoms with E-state index < -0.39 is 17.8 Å². The second-order valence-corrected chi connectivity index (χ2v) is 6.88. The number of urea groups is 1. The molecule has 2 rings (SSSR count). The van der Waals surface area contributed by atoms with Crippen molar-refractivity contribution in [2.24, 2.45) is 0 Å². The third-order valence-corrected chi connectivity index (χ3v) is 4.72. The number of carbonyl (C=O) groups is 1. The average Bonchev–Trinajstić information content (AvgIpc) is 2.61. The van der Waals surface area contributed by atoms with Crippen LogP contribution in [0.15, 0.2) is 53.4 Å². The highest BCUT2D eigenvalue weighted by molar-refractivity contribution is 7.98. The summed E-state index contributed by atoms with van der Waals surface area (Å²) in [5, 5.41) is 2.73. The van der Waals surface area contributed by atoms with E-state index in [-0.39, 0.29) is 6.03 Å². The minimum Gasteiger partial charge on any atom is -0.331 e. The Morgan fingerprint density at radius 3 is 2.42 bits per heavy atom. The molecule has 2 aromatic rings. The molecule has 0 fully saturated rings. The van der Waals surface area contributed by atoms with Crippen LogP contribution in [0.2, 0.25) is 0 Å². The van der Waals surface area contributed by atoms with Gasteiger partial charge in [-0.15, -0.1) is 11.8 Å². The SMILES string of the molecule is CSc1ccc(CN(C)C(=O)NC(C)c2cccc(C(F)(F)F)c2)cc1. The Kier molecular flexibility index (Phi) is 6.58. The van der Waals surface area contributed by atoms with Crippen molar-refractivity contribution in [2.75, 3.05) is 13.3 Å². The van der Waals surface area contributed by atoms with Crippen LogP contribution in [-0.4, -0.2) is 24.2 Å². The van der Waals surface area contributed by atoms with Gasteiger partial charge in [-0.05, 0) is 48.6 Å². The summed E-state index contributed by atoms with van der Waals surface area (Å²) in [6.07, 6.45) is -2.41. The summed E-state index contributed by atoms with van der Waals surface area (Å²) in [4.78, 5) is 15.0. The lowest BCUT2D eigenvalue weighted by Gasteiger charge is -2.22. The summed E-state index contributed by atoms with van der Waals surface area (Å²) in [7, 11) is 1.65. The summed E-state index contributed by atoms with van der Waals surface area (Å²) in [5.74, 6) is 0. The number of amides is 2. The Bertz CT molecular complexity index is 747. The van der Waals surface area contributed by atoms with Crippen LogP contribution in [0, 0.1) is 0 Å². The van der Waals surface area contributed by atoms with E-state index in [9.17, 15) is 18.0 Å². The van der Waals surface area contributed by atoms with E-state index in [2.05, 4.69) is 5.32 Å². The Morgan fingerprint density at radius 1 is 1.19 bits per heavy atom. The second kappa shape index (κ2) is 8.49. The van der Waals surface area contributed by atoms with Crippen LogP contribution in [0.4, 0.5) is 18.0 Å². The van der Waals surface area contributed by atoms with Crippen molar-refractivity contribution >= 4 is 17.8 Å². The zero-order chi connectivity index (χ0) is 19.3. The van der Waals surface area contributed by atoms with Gasteiger partial charge in [0.25, 0.3) is 0 Å². The molecule has 0 aromatic heterocycles. The Morgan fingerprint density at radius 2 is 1.85 bits per heavy atom. The molecule has 26 heavy (non-hydrogen) atoms. The molecule has 0 saturated carbocycles. The molecule has 3 nitrogen and oxygen atoms in total. The molecule has 0 bridgehead atoms. The number of hydrogen-bond acceptors (Lipinski definition) is 2. The smallest absolute Gasteiger partial charge is 0.331 e. The lowest BCUT2D eigenvalue weighted by Crippen LogP contribution is -2.38. The number of hydrogen-bond donors (Lipinski definition) is 1. The Balaban J connectivity index is 1.99. The highest BCUT2D eigenvalue weighted by atomic mass is 32.2. The number of alkyl halides is 3. The first-order valence-corrected chi connectivity index (χ1v) is 9.25. The quantitative estimate of drug-likeness (QED) is 0.709. The zero-order valence-electron chi connectivity index (χ0n) is 14.8. The van der Waals surface area contributed by atoms with Crippen molar-refractivity contribution < 1.29 is 18.0 Å². The molecule has 0 spiro atoms. The first-order chi connectivity index (χ1) is 12.2. The number of nitrogens with zero attached hydrogens (tertiary/aromatic N) is 1. The minimum atomic E-state index is -4.40. The maximum absolute atomic E-state index is 12.8. The summed E-state index contributed by atoms with van der Waals surface area (Å²) in [5.41, 5.74) is 0.663. The van der Waals surface area contributed by atoms with Gasteiger partial charge in [-0.3, -0.25) is 0 Å². The third-order valence-electron chi connectivity index (χ3n) is 3.98. The highest BCUT2D eigenvalue weighted by Crippen LogP contribution is 2.30. The minimum absolute atomic E-state index is 0.344. The molecule has 2 aromatic carbocycles. The molecule has 140 valence electrons. The number of carbonyl (C=O) groups excluding carboxylic acids is 1. The molecule has 1 unspecified atom stereocenters. The number of halogens is 3. The van der Waals surface area contributed by atoms with Gasteiger partial charge in [0.2, 0.25) is 0 Å². The molecular formula is C19H21F3N2OS. The molecule has 1 atom stereocenters. The molecule has 0 radical (unpaired) electrons. The molecule has 2 amide bonds. The van der Waals surface area contributed by atoms with Crippen molar-refractivity contribution in [2.45, 2.75) is 30.6 Å². The monoisotopic (exact) mass is 382 g/mol. The number of rotatable bonds is 5. The fourth-order valence-electron chi connectivity index (χ4n) is 2.44. The predicted octanol–water partition coefficient (Wildman–Crippen LogP) is 5.33. The topological polar surface area (TPSA) is 32.3 Å². The van der Waals surface area contributed by atoms with E-state index >= 15 is 0 Å². The van der Waals surface area contributed by atoms with Gasteiger partial charge in [0, 0.05) is 18.5 Å². The van der Waals surface area contributed by atoms with E-state index in [0.29, 0.717) is 12.1 Å². The van der Waals surface area contributed by atoms with Gasteiger partial charge in [0.1, 0.15) is 0 Å². The molecule has 7 heteroatoms. The number of nitrogens with one attached hydrogen (secondary N) is 1. The van der Waals surface area contributed by atoms with Crippen LogP contribution in [0.5, 0.6) is 0 Å². The first-order valence-electron chi connectivity index (χ1n) is 8.02. The fraction of sp³-hybridized carbons (Fsp3) is 0.316. The van der Waals surface area contributed by atoms with Crippen molar-refractivity contribution in [3.63, 3.8) is 0 Å². The predicted molar refractivity (Wildman–Crippen MR) is 98.1 cm³/mol. The third kappa shape index (κ3) is 5.42. The highest BCUT2D eigenvalue weighted by Gasteiger charge is 2.30. The van der Waals surface area contributed by atoms with Gasteiger partial charge in [-0.2, -0.15) is 13.2 Å². The second-order valence-electron chi connectivity index (χ2n) is 6.00. The standard InChI is InChI=1S/C19H21F3N2OS/c1-13(15-5-4-6-16(11-15)19(20,21)22)23-18(25)24(2)12-14-7-9-17(26-3)10-8-14/h4-11,13H,12H2,1-3H3,(H,23,25). The van der Waals surface area contributed by atoms with Crippen molar-refractivity contribution in [3.05, 3.63) is 65.2 Å². The van der Waals surface area contributed by atoms with Crippen molar-refractivity contribution in [3.8, 4) is 0 Å². The van der Waals surface area contributed by atoms with Crippen LogP contribution < -0.4 is 5.32 Å². The molecular weight excluding hydrogens is 361 g/mol. The van der Waals surface area contributed by atoms with Crippen LogP contribution in [0.1, 0.15) is 29.7 Å². The van der Waals surface area contributed by atoms with E-state index in [1.165, 1.54) is 11.0 Å². The molecule has 0 aliphatic heterocycles. The van der Waals surface area contributed by atoms with Gasteiger partial charge in [-0.1, -0.05) is 24.3 Å². The Labute approximate surface area is 155 Å². The Hall–Kier alpha value is -2.15. The summed E-state index contributed by atoms with van der Waals surface area (Å²) < 4.78 is 38.5. The molecule has 1 N–H and O–H groups in total. The number of benzene rings is 2. The average molecular weight is 382 g/mol. The van der Waals surface area contributed by atoms with Gasteiger partial charge in [0.05, 0.1) is 11.6 Å². The lowest BCUT2D eigenvalue weighted by molar-refractivity contribution is -0.137. The van der Waals surface area contributed by atoms with Crippen LogP contribution in [0.3, 0.4) is 0 Å². The lowest BCUT2D eigenvalue weighted by atomic mass is 10.1. The largest absolute Gasteiger partial charge is 0.416 e. The summed E-state index contributed by atoms with van der Waals surface area (Å²) >= 11 is 1.64. The van der Waals surface area contributed by atoms with Crippen molar-refractivity contribution in [1.29, 1.82) is 0 Å². The van der Waals surface area contributed by atoms with Gasteiger partial charge in [-0.25, -0.2) is 4.79 Å². The normalized spacial score (nSPS) is 12.5. The van der Waals surface area contributed by atoms with Crippen molar-refractivity contribution in [1.82, 2.24) is 10.2 Å². The summed E-state index contributed by atoms with van der Waals surface area (Å²) in [6, 6.07) is 12.0.